The van der Waals surface area contributed by atoms with E-state index in [2.05, 4.69) is 5.32 Å². The Kier molecular flexibility index (Phi) is 4.24. The van der Waals surface area contributed by atoms with Crippen molar-refractivity contribution in [1.82, 2.24) is 5.32 Å². The second-order valence-electron chi connectivity index (χ2n) is 5.15. The number of hydrogen-bond acceptors (Lipinski definition) is 3. The molecule has 0 saturated heterocycles. The van der Waals surface area contributed by atoms with Gasteiger partial charge in [0.2, 0.25) is 5.91 Å². The SMILES string of the molecule is CS(=O)(=O)c1cccc(CC(=O)NC2CCCC2)c1. The molecule has 0 unspecified atom stereocenters. The molecule has 2 rings (SSSR count). The standard InChI is InChI=1S/C14H19NO3S/c1-19(17,18)13-8-4-5-11(9-13)10-14(16)15-12-6-2-3-7-12/h4-5,8-9,12H,2-3,6-7,10H2,1H3,(H,15,16). The largest absolute Gasteiger partial charge is 0.353 e. The molecule has 4 nitrogen and oxygen atoms in total. The molecule has 1 amide bonds. The molecule has 1 saturated carbocycles. The first kappa shape index (κ1) is 14.1. The van der Waals surface area contributed by atoms with E-state index in [-0.39, 0.29) is 17.2 Å². The van der Waals surface area contributed by atoms with Crippen LogP contribution in [0, 0.1) is 0 Å². The lowest BCUT2D eigenvalue weighted by Crippen LogP contribution is -2.33. The quantitative estimate of drug-likeness (QED) is 0.913. The monoisotopic (exact) mass is 281 g/mol. The highest BCUT2D eigenvalue weighted by Gasteiger charge is 2.17. The van der Waals surface area contributed by atoms with Crippen LogP contribution < -0.4 is 5.32 Å². The summed E-state index contributed by atoms with van der Waals surface area (Å²) >= 11 is 0. The molecule has 1 aliphatic rings. The van der Waals surface area contributed by atoms with Gasteiger partial charge in [-0.05, 0) is 30.5 Å². The number of benzene rings is 1. The molecule has 104 valence electrons. The Hall–Kier alpha value is -1.36. The molecule has 0 aromatic heterocycles. The fraction of sp³-hybridized carbons (Fsp3) is 0.500. The van der Waals surface area contributed by atoms with Crippen molar-refractivity contribution in [2.45, 2.75) is 43.0 Å². The zero-order valence-corrected chi connectivity index (χ0v) is 11.9. The van der Waals surface area contributed by atoms with Crippen LogP contribution in [-0.4, -0.2) is 26.6 Å². The molecule has 0 bridgehead atoms. The predicted octanol–water partition coefficient (Wildman–Crippen LogP) is 1.69. The van der Waals surface area contributed by atoms with Crippen LogP contribution in [-0.2, 0) is 21.1 Å². The molecule has 0 aliphatic heterocycles. The lowest BCUT2D eigenvalue weighted by molar-refractivity contribution is -0.121. The highest BCUT2D eigenvalue weighted by Crippen LogP contribution is 2.18. The van der Waals surface area contributed by atoms with Gasteiger partial charge in [-0.2, -0.15) is 0 Å². The maximum Gasteiger partial charge on any atom is 0.224 e. The summed E-state index contributed by atoms with van der Waals surface area (Å²) in [7, 11) is -3.22. The van der Waals surface area contributed by atoms with Gasteiger partial charge in [0.15, 0.2) is 9.84 Å². The topological polar surface area (TPSA) is 63.2 Å². The summed E-state index contributed by atoms with van der Waals surface area (Å²) in [5.74, 6) is -0.0300. The normalized spacial score (nSPS) is 16.5. The maximum absolute atomic E-state index is 11.9. The highest BCUT2D eigenvalue weighted by molar-refractivity contribution is 7.90. The molecule has 5 heteroatoms. The molecule has 19 heavy (non-hydrogen) atoms. The number of carbonyl (C=O) groups excluding carboxylic acids is 1. The lowest BCUT2D eigenvalue weighted by Gasteiger charge is -2.12. The van der Waals surface area contributed by atoms with Crippen molar-refractivity contribution in [1.29, 1.82) is 0 Å². The van der Waals surface area contributed by atoms with Crippen LogP contribution in [0.3, 0.4) is 0 Å². The molecule has 0 heterocycles. The number of sulfone groups is 1. The first-order valence-corrected chi connectivity index (χ1v) is 8.42. The third kappa shape index (κ3) is 4.06. The number of hydrogen-bond donors (Lipinski definition) is 1. The van der Waals surface area contributed by atoms with Gasteiger partial charge in [0, 0.05) is 12.3 Å². The number of rotatable bonds is 4. The van der Waals surface area contributed by atoms with Gasteiger partial charge >= 0.3 is 0 Å². The fourth-order valence-corrected chi connectivity index (χ4v) is 3.11. The molecule has 1 N–H and O–H groups in total. The second kappa shape index (κ2) is 5.74. The van der Waals surface area contributed by atoms with E-state index in [0.29, 0.717) is 6.04 Å². The van der Waals surface area contributed by atoms with Gasteiger partial charge in [-0.15, -0.1) is 0 Å². The van der Waals surface area contributed by atoms with E-state index < -0.39 is 9.84 Å². The lowest BCUT2D eigenvalue weighted by atomic mass is 10.1. The number of carbonyl (C=O) groups is 1. The molecule has 0 spiro atoms. The summed E-state index contributed by atoms with van der Waals surface area (Å²) in [6, 6.07) is 6.87. The van der Waals surface area contributed by atoms with Gasteiger partial charge in [-0.3, -0.25) is 4.79 Å². The average molecular weight is 281 g/mol. The molecule has 1 fully saturated rings. The molecule has 1 aliphatic carbocycles. The van der Waals surface area contributed by atoms with Gasteiger partial charge in [-0.25, -0.2) is 8.42 Å². The summed E-state index contributed by atoms with van der Waals surface area (Å²) < 4.78 is 22.9. The summed E-state index contributed by atoms with van der Waals surface area (Å²) in [6.07, 6.45) is 5.86. The van der Waals surface area contributed by atoms with Crippen LogP contribution >= 0.6 is 0 Å². The summed E-state index contributed by atoms with van der Waals surface area (Å²) in [5, 5.41) is 3.00. The first-order chi connectivity index (χ1) is 8.95. The molecule has 0 atom stereocenters. The Morgan fingerprint density at radius 2 is 2.00 bits per heavy atom. The fourth-order valence-electron chi connectivity index (χ4n) is 2.42. The average Bonchev–Trinajstić information content (AvgIpc) is 2.80. The Morgan fingerprint density at radius 1 is 1.32 bits per heavy atom. The van der Waals surface area contributed by atoms with Gasteiger partial charge in [0.1, 0.15) is 0 Å². The Bertz CT molecular complexity index is 560. The molecular formula is C14H19NO3S. The zero-order valence-electron chi connectivity index (χ0n) is 11.1. The molecule has 1 aromatic rings. The Labute approximate surface area is 114 Å². The van der Waals surface area contributed by atoms with E-state index in [4.69, 9.17) is 0 Å². The van der Waals surface area contributed by atoms with E-state index in [1.165, 1.54) is 19.1 Å². The van der Waals surface area contributed by atoms with Crippen LogP contribution in [0.4, 0.5) is 0 Å². The third-order valence-corrected chi connectivity index (χ3v) is 4.52. The van der Waals surface area contributed by atoms with Crippen LogP contribution in [0.25, 0.3) is 0 Å². The maximum atomic E-state index is 11.9. The number of amides is 1. The summed E-state index contributed by atoms with van der Waals surface area (Å²) in [6.45, 7) is 0. The van der Waals surface area contributed by atoms with Crippen molar-refractivity contribution in [2.24, 2.45) is 0 Å². The smallest absolute Gasteiger partial charge is 0.224 e. The van der Waals surface area contributed by atoms with Crippen molar-refractivity contribution in [3.05, 3.63) is 29.8 Å². The Morgan fingerprint density at radius 3 is 2.63 bits per heavy atom. The molecule has 0 radical (unpaired) electrons. The van der Waals surface area contributed by atoms with Crippen LogP contribution in [0.1, 0.15) is 31.2 Å². The van der Waals surface area contributed by atoms with Crippen LogP contribution in [0.2, 0.25) is 0 Å². The molecule has 1 aromatic carbocycles. The van der Waals surface area contributed by atoms with Gasteiger partial charge in [0.05, 0.1) is 11.3 Å². The minimum atomic E-state index is -3.22. The van der Waals surface area contributed by atoms with E-state index in [9.17, 15) is 13.2 Å². The summed E-state index contributed by atoms with van der Waals surface area (Å²) in [5.41, 5.74) is 0.735. The van der Waals surface area contributed by atoms with Crippen LogP contribution in [0.15, 0.2) is 29.2 Å². The molecular weight excluding hydrogens is 262 g/mol. The van der Waals surface area contributed by atoms with Crippen LogP contribution in [0.5, 0.6) is 0 Å². The van der Waals surface area contributed by atoms with Gasteiger partial charge in [0.25, 0.3) is 0 Å². The van der Waals surface area contributed by atoms with Crippen molar-refractivity contribution in [2.75, 3.05) is 6.26 Å². The highest BCUT2D eigenvalue weighted by atomic mass is 32.2. The minimum absolute atomic E-state index is 0.0300. The third-order valence-electron chi connectivity index (χ3n) is 3.41. The van der Waals surface area contributed by atoms with E-state index in [0.717, 1.165) is 18.4 Å². The van der Waals surface area contributed by atoms with Gasteiger partial charge < -0.3 is 5.32 Å². The van der Waals surface area contributed by atoms with Crippen molar-refractivity contribution in [3.63, 3.8) is 0 Å². The zero-order chi connectivity index (χ0) is 13.9. The Balaban J connectivity index is 2.00. The van der Waals surface area contributed by atoms with Crippen molar-refractivity contribution in [3.8, 4) is 0 Å². The van der Waals surface area contributed by atoms with Crippen molar-refractivity contribution >= 4 is 15.7 Å². The van der Waals surface area contributed by atoms with E-state index in [1.54, 1.807) is 24.3 Å². The predicted molar refractivity (Wildman–Crippen MR) is 73.7 cm³/mol. The first-order valence-electron chi connectivity index (χ1n) is 6.53. The van der Waals surface area contributed by atoms with Crippen molar-refractivity contribution < 1.29 is 13.2 Å². The second-order valence-corrected chi connectivity index (χ2v) is 7.16. The van der Waals surface area contributed by atoms with E-state index >= 15 is 0 Å². The minimum Gasteiger partial charge on any atom is -0.353 e. The van der Waals surface area contributed by atoms with E-state index in [1.807, 2.05) is 0 Å². The number of nitrogens with one attached hydrogen (secondary N) is 1. The van der Waals surface area contributed by atoms with Gasteiger partial charge in [-0.1, -0.05) is 25.0 Å². The summed E-state index contributed by atoms with van der Waals surface area (Å²) in [4.78, 5) is 12.1.